The average molecular weight is 1430 g/mol. The number of nitriles is 2. The molecule has 18 nitrogen and oxygen atoms in total. The van der Waals surface area contributed by atoms with E-state index in [-0.39, 0.29) is 34.6 Å². The van der Waals surface area contributed by atoms with Crippen molar-refractivity contribution < 1.29 is 70.7 Å². The minimum atomic E-state index is -2.91. The van der Waals surface area contributed by atoms with E-state index < -0.39 is 30.6 Å². The van der Waals surface area contributed by atoms with Gasteiger partial charge < -0.3 is 47.5 Å². The van der Waals surface area contributed by atoms with Crippen LogP contribution in [0.1, 0.15) is 131 Å². The molecule has 0 radical (unpaired) electrons. The molecule has 0 saturated carbocycles. The van der Waals surface area contributed by atoms with Crippen LogP contribution in [0.3, 0.4) is 0 Å². The summed E-state index contributed by atoms with van der Waals surface area (Å²) in [7, 11) is 0. The molecule has 0 saturated heterocycles. The third-order valence-corrected chi connectivity index (χ3v) is 18.8. The molecule has 15 rings (SSSR count). The van der Waals surface area contributed by atoms with E-state index in [1.54, 1.807) is 73.7 Å². The molecule has 0 bridgehead atoms. The number of carbonyl (C=O) groups is 3. The lowest BCUT2D eigenvalue weighted by Crippen LogP contribution is -2.07. The number of fused-ring (bicyclic) bond motifs is 6. The fourth-order valence-corrected chi connectivity index (χ4v) is 13.1. The van der Waals surface area contributed by atoms with E-state index >= 15 is 0 Å². The van der Waals surface area contributed by atoms with Gasteiger partial charge >= 0.3 is 24.5 Å². The normalized spacial score (nSPS) is 12.1. The molecule has 0 aliphatic carbocycles. The van der Waals surface area contributed by atoms with Crippen molar-refractivity contribution in [3.8, 4) is 69.5 Å². The molecular formula is C87H67F2N5O13. The Morgan fingerprint density at radius 2 is 0.673 bits per heavy atom. The zero-order chi connectivity index (χ0) is 75.6. The monoisotopic (exact) mass is 1430 g/mol. The molecule has 0 unspecified atom stereocenters. The van der Waals surface area contributed by atoms with Crippen molar-refractivity contribution in [2.24, 2.45) is 0 Å². The fourth-order valence-electron chi connectivity index (χ4n) is 13.1. The van der Waals surface area contributed by atoms with Gasteiger partial charge in [0.1, 0.15) is 75.1 Å². The number of furan rings is 3. The summed E-state index contributed by atoms with van der Waals surface area (Å²) in [6, 6.07) is 63.0. The molecule has 6 aromatic heterocycles. The third-order valence-electron chi connectivity index (χ3n) is 18.8. The summed E-state index contributed by atoms with van der Waals surface area (Å²) < 4.78 is 66.2. The molecule has 6 heterocycles. The van der Waals surface area contributed by atoms with E-state index in [0.29, 0.717) is 107 Å². The molecule has 9 aromatic carbocycles. The number of rotatable bonds is 17. The summed E-state index contributed by atoms with van der Waals surface area (Å²) in [4.78, 5) is 51.7. The topological polar surface area (TPSA) is 274 Å². The lowest BCUT2D eigenvalue weighted by atomic mass is 10.0. The second-order valence-corrected chi connectivity index (χ2v) is 25.7. The van der Waals surface area contributed by atoms with Gasteiger partial charge in [0.15, 0.2) is 17.3 Å². The number of carboxylic acids is 3. The summed E-state index contributed by atoms with van der Waals surface area (Å²) in [6.07, 6.45) is -1.24. The summed E-state index contributed by atoms with van der Waals surface area (Å²) >= 11 is 0. The number of benzene rings is 9. The van der Waals surface area contributed by atoms with Crippen molar-refractivity contribution in [1.82, 2.24) is 15.0 Å². The highest BCUT2D eigenvalue weighted by atomic mass is 19.3. The maximum atomic E-state index is 12.5. The Morgan fingerprint density at radius 3 is 0.935 bits per heavy atom. The van der Waals surface area contributed by atoms with Crippen LogP contribution in [-0.4, -0.2) is 54.8 Å². The molecule has 0 amide bonds. The Labute approximate surface area is 611 Å². The van der Waals surface area contributed by atoms with E-state index in [1.807, 2.05) is 171 Å². The summed E-state index contributed by atoms with van der Waals surface area (Å²) in [5, 5.41) is 52.6. The highest BCUT2D eigenvalue weighted by Crippen LogP contribution is 2.43. The maximum absolute atomic E-state index is 12.5. The van der Waals surface area contributed by atoms with Crippen molar-refractivity contribution in [3.05, 3.63) is 278 Å². The van der Waals surface area contributed by atoms with Gasteiger partial charge in [-0.25, -0.2) is 29.3 Å². The molecular weight excluding hydrogens is 1360 g/mol. The van der Waals surface area contributed by atoms with Crippen LogP contribution in [0.15, 0.2) is 213 Å². The number of alkyl halides is 2. The number of halogens is 2. The molecule has 0 spiro atoms. The van der Waals surface area contributed by atoms with Crippen LogP contribution >= 0.6 is 0 Å². The molecule has 3 N–H and O–H groups in total. The first-order valence-electron chi connectivity index (χ1n) is 34.0. The van der Waals surface area contributed by atoms with Gasteiger partial charge in [-0.1, -0.05) is 109 Å². The predicted octanol–water partition coefficient (Wildman–Crippen LogP) is 21.7. The molecule has 15 aromatic rings. The molecule has 3 atom stereocenters. The Kier molecular flexibility index (Phi) is 20.0. The van der Waals surface area contributed by atoms with Crippen LogP contribution in [0.25, 0.3) is 100.0 Å². The number of pyridine rings is 3. The van der Waals surface area contributed by atoms with Crippen molar-refractivity contribution in [2.45, 2.75) is 87.2 Å². The predicted molar refractivity (Wildman–Crippen MR) is 403 cm³/mol. The van der Waals surface area contributed by atoms with Crippen molar-refractivity contribution in [1.29, 1.82) is 10.5 Å². The van der Waals surface area contributed by atoms with Gasteiger partial charge in [0, 0.05) is 32.8 Å². The van der Waals surface area contributed by atoms with Gasteiger partial charge in [0.25, 0.3) is 0 Å². The van der Waals surface area contributed by atoms with Crippen LogP contribution in [0.4, 0.5) is 8.78 Å². The maximum Gasteiger partial charge on any atom is 0.387 e. The minimum Gasteiger partial charge on any atom is -0.485 e. The second-order valence-electron chi connectivity index (χ2n) is 25.7. The van der Waals surface area contributed by atoms with Gasteiger partial charge in [0.05, 0.1) is 72.7 Å². The van der Waals surface area contributed by atoms with Crippen LogP contribution in [-0.2, 0) is 0 Å². The molecule has 0 fully saturated rings. The number of ether oxygens (including phenoxy) is 4. The number of aryl methyl sites for hydroxylation is 6. The summed E-state index contributed by atoms with van der Waals surface area (Å²) in [6.45, 7) is 14.1. The first-order chi connectivity index (χ1) is 51.5. The standard InChI is InChI=1S/C29H23F2NO5.2C29H22N2O4/c1-15-8-13-24(35-17(3)18-9-11-19(12-10-18)36-29(30)31)25-21(28(33)34)14-22(32-26(15)25)27-16(2)20-6-4-5-7-23(20)37-27;2*1-16-8-13-25(34-18(3)20-11-9-19(15-30)10-12-20)26-22(29(32)33)14-23(31-27(16)26)28-17(2)21-6-4-5-7-24(21)35-28/h4-14,17,29H,1-3H3,(H,33,34);2*4-14,18H,1-3H3,(H,32,33)/t17-;2*18-/m110/s1. The van der Waals surface area contributed by atoms with E-state index in [4.69, 9.17) is 52.9 Å². The number of aromatic carboxylic acids is 3. The molecule has 107 heavy (non-hydrogen) atoms. The first-order valence-corrected chi connectivity index (χ1v) is 34.0. The molecule has 532 valence electrons. The summed E-state index contributed by atoms with van der Waals surface area (Å²) in [5.74, 6) is -0.422. The van der Waals surface area contributed by atoms with Gasteiger partial charge in [0.2, 0.25) is 0 Å². The van der Waals surface area contributed by atoms with Crippen molar-refractivity contribution in [3.63, 3.8) is 0 Å². The number of hydrogen-bond acceptors (Lipinski definition) is 15. The Bertz CT molecular complexity index is 5840. The van der Waals surface area contributed by atoms with Crippen molar-refractivity contribution in [2.75, 3.05) is 0 Å². The van der Waals surface area contributed by atoms with Gasteiger partial charge in [-0.05, 0) is 187 Å². The zero-order valence-corrected chi connectivity index (χ0v) is 59.3. The Morgan fingerprint density at radius 1 is 0.393 bits per heavy atom. The van der Waals surface area contributed by atoms with Crippen LogP contribution in [0.2, 0.25) is 0 Å². The smallest absolute Gasteiger partial charge is 0.387 e. The molecule has 0 aliphatic heterocycles. The van der Waals surface area contributed by atoms with Crippen LogP contribution in [0, 0.1) is 64.2 Å². The van der Waals surface area contributed by atoms with Crippen LogP contribution in [0.5, 0.6) is 23.0 Å². The summed E-state index contributed by atoms with van der Waals surface area (Å²) in [5.41, 5.74) is 14.0. The SMILES string of the molecule is Cc1c(-c2cc(C(=O)O)c3c(O[C@@H](C)c4ccc(C#N)cc4)ccc(C)c3n2)oc2ccccc12.Cc1c(-c2cc(C(=O)O)c3c(O[C@H](C)c4ccc(C#N)cc4)ccc(C)c3n2)oc2ccccc12.Cc1c(-c2cc(C(=O)O)c3c(O[C@H](C)c4ccc(OC(F)F)cc4)ccc(C)c3n2)oc2ccccc12. The second kappa shape index (κ2) is 29.9. The minimum absolute atomic E-state index is 0.0337. The molecule has 20 heteroatoms. The average Bonchev–Trinajstić information content (AvgIpc) is 1.75. The quantitative estimate of drug-likeness (QED) is 0.0764. The van der Waals surface area contributed by atoms with E-state index in [2.05, 4.69) is 16.9 Å². The highest BCUT2D eigenvalue weighted by molar-refractivity contribution is 6.10. The zero-order valence-electron chi connectivity index (χ0n) is 59.3. The number of carboxylic acid groups (broad SMARTS) is 3. The lowest BCUT2D eigenvalue weighted by Gasteiger charge is -2.19. The van der Waals surface area contributed by atoms with Crippen LogP contribution < -0.4 is 18.9 Å². The van der Waals surface area contributed by atoms with E-state index in [1.165, 1.54) is 18.2 Å². The Balaban J connectivity index is 0.000000142. The first kappa shape index (κ1) is 71.7. The van der Waals surface area contributed by atoms with E-state index in [0.717, 1.165) is 71.8 Å². The van der Waals surface area contributed by atoms with Gasteiger partial charge in [-0.2, -0.15) is 19.3 Å². The number of nitrogens with zero attached hydrogens (tertiary/aromatic N) is 5. The van der Waals surface area contributed by atoms with Gasteiger partial charge in [-0.15, -0.1) is 0 Å². The number of hydrogen-bond donors (Lipinski definition) is 3. The number of para-hydroxylation sites is 3. The fraction of sp³-hybridized carbons (Fsp3) is 0.149. The van der Waals surface area contributed by atoms with Gasteiger partial charge in [-0.3, -0.25) is 0 Å². The molecule has 0 aliphatic rings. The number of aromatic nitrogens is 3. The third kappa shape index (κ3) is 14.4. The Hall–Kier alpha value is -13.7. The van der Waals surface area contributed by atoms with Crippen molar-refractivity contribution >= 4 is 83.5 Å². The highest BCUT2D eigenvalue weighted by Gasteiger charge is 2.28. The van der Waals surface area contributed by atoms with E-state index in [9.17, 15) is 38.5 Å². The lowest BCUT2D eigenvalue weighted by molar-refractivity contribution is -0.0498. The largest absolute Gasteiger partial charge is 0.485 e.